The zero-order valence-corrected chi connectivity index (χ0v) is 10.2. The van der Waals surface area contributed by atoms with Gasteiger partial charge in [-0.1, -0.05) is 6.92 Å². The Morgan fingerprint density at radius 1 is 1.00 bits per heavy atom. The van der Waals surface area contributed by atoms with Gasteiger partial charge in [-0.05, 0) is 48.0 Å². The molecule has 2 unspecified atom stereocenters. The normalized spacial score (nSPS) is 39.2. The molecular formula is C11H21BrN+. The van der Waals surface area contributed by atoms with Crippen LogP contribution in [0.4, 0.5) is 0 Å². The number of piperidine rings is 2. The predicted octanol–water partition coefficient (Wildman–Crippen LogP) is 3.14. The Morgan fingerprint density at radius 3 is 2.31 bits per heavy atom. The van der Waals surface area contributed by atoms with E-state index in [4.69, 9.17) is 0 Å². The van der Waals surface area contributed by atoms with Gasteiger partial charge in [0.2, 0.25) is 0 Å². The smallest absolute Gasteiger partial charge is 0.146 e. The average molecular weight is 247 g/mol. The Hall–Kier alpha value is 0.440. The molecule has 2 aliphatic heterocycles. The largest absolute Gasteiger partial charge is 0.312 e. The first-order chi connectivity index (χ1) is 6.25. The summed E-state index contributed by atoms with van der Waals surface area (Å²) in [6.45, 7) is 6.70. The van der Waals surface area contributed by atoms with E-state index in [2.05, 4.69) is 22.9 Å². The fraction of sp³-hybridized carbons (Fsp3) is 1.00. The Labute approximate surface area is 90.2 Å². The topological polar surface area (TPSA) is 0 Å². The van der Waals surface area contributed by atoms with Crippen molar-refractivity contribution in [1.82, 2.24) is 0 Å². The molecule has 0 aliphatic carbocycles. The summed E-state index contributed by atoms with van der Waals surface area (Å²) in [5.41, 5.74) is 0. The van der Waals surface area contributed by atoms with E-state index >= 15 is 0 Å². The first kappa shape index (κ1) is 9.97. The second kappa shape index (κ2) is 3.90. The lowest BCUT2D eigenvalue weighted by atomic mass is 9.94. The molecule has 0 bridgehead atoms. The third kappa shape index (κ3) is 1.80. The number of rotatable bonds is 0. The van der Waals surface area contributed by atoms with Crippen LogP contribution in [0, 0.1) is 5.92 Å². The van der Waals surface area contributed by atoms with Gasteiger partial charge in [-0.3, -0.25) is 0 Å². The van der Waals surface area contributed by atoms with Crippen LogP contribution in [0.25, 0.3) is 0 Å². The molecule has 0 N–H and O–H groups in total. The van der Waals surface area contributed by atoms with Gasteiger partial charge in [-0.15, -0.1) is 0 Å². The molecule has 2 rings (SSSR count). The van der Waals surface area contributed by atoms with E-state index in [1.165, 1.54) is 56.2 Å². The molecule has 2 heterocycles. The van der Waals surface area contributed by atoms with Crippen molar-refractivity contribution in [1.29, 1.82) is 0 Å². The van der Waals surface area contributed by atoms with Crippen molar-refractivity contribution in [2.75, 3.05) is 19.6 Å². The molecule has 2 fully saturated rings. The van der Waals surface area contributed by atoms with Gasteiger partial charge in [0, 0.05) is 5.92 Å². The van der Waals surface area contributed by atoms with E-state index in [-0.39, 0.29) is 0 Å². The van der Waals surface area contributed by atoms with Crippen molar-refractivity contribution < 1.29 is 4.48 Å². The minimum atomic E-state index is 0.751. The Bertz CT molecular complexity index is 169. The van der Waals surface area contributed by atoms with Crippen LogP contribution in [0.3, 0.4) is 0 Å². The molecular weight excluding hydrogens is 226 g/mol. The van der Waals surface area contributed by atoms with Crippen molar-refractivity contribution >= 4 is 15.9 Å². The van der Waals surface area contributed by atoms with Crippen molar-refractivity contribution in [3.05, 3.63) is 0 Å². The zero-order valence-electron chi connectivity index (χ0n) is 8.64. The van der Waals surface area contributed by atoms with Gasteiger partial charge in [-0.2, -0.15) is 0 Å². The summed E-state index contributed by atoms with van der Waals surface area (Å²) in [7, 11) is 0. The van der Waals surface area contributed by atoms with Crippen LogP contribution >= 0.6 is 15.9 Å². The van der Waals surface area contributed by atoms with Crippen molar-refractivity contribution in [2.45, 2.75) is 44.0 Å². The van der Waals surface area contributed by atoms with Crippen molar-refractivity contribution in [3.8, 4) is 0 Å². The van der Waals surface area contributed by atoms with Gasteiger partial charge < -0.3 is 4.48 Å². The number of nitrogens with zero attached hydrogens (tertiary/aromatic N) is 1. The molecule has 1 spiro atoms. The van der Waals surface area contributed by atoms with Gasteiger partial charge in [0.1, 0.15) is 4.95 Å². The molecule has 0 aromatic heterocycles. The molecule has 0 aromatic carbocycles. The van der Waals surface area contributed by atoms with Gasteiger partial charge >= 0.3 is 0 Å². The molecule has 2 atom stereocenters. The van der Waals surface area contributed by atoms with Crippen LogP contribution in [0.5, 0.6) is 0 Å². The maximum atomic E-state index is 3.94. The summed E-state index contributed by atoms with van der Waals surface area (Å²) >= 11 is 3.94. The van der Waals surface area contributed by atoms with Gasteiger partial charge in [0.05, 0.1) is 19.6 Å². The van der Waals surface area contributed by atoms with Gasteiger partial charge in [0.15, 0.2) is 0 Å². The minimum Gasteiger partial charge on any atom is -0.312 e. The van der Waals surface area contributed by atoms with E-state index in [0.29, 0.717) is 0 Å². The Balaban J connectivity index is 2.09. The highest BCUT2D eigenvalue weighted by Gasteiger charge is 2.42. The fourth-order valence-electron chi connectivity index (χ4n) is 3.14. The first-order valence-corrected chi connectivity index (χ1v) is 6.66. The minimum absolute atomic E-state index is 0.751. The zero-order chi connectivity index (χ0) is 9.31. The molecule has 76 valence electrons. The maximum Gasteiger partial charge on any atom is 0.146 e. The quantitative estimate of drug-likeness (QED) is 0.350. The molecule has 2 aliphatic rings. The Kier molecular flexibility index (Phi) is 2.99. The molecule has 2 saturated heterocycles. The van der Waals surface area contributed by atoms with Crippen molar-refractivity contribution in [3.63, 3.8) is 0 Å². The lowest BCUT2D eigenvalue weighted by molar-refractivity contribution is -0.948. The van der Waals surface area contributed by atoms with Gasteiger partial charge in [-0.25, -0.2) is 0 Å². The third-order valence-electron chi connectivity index (χ3n) is 3.96. The van der Waals surface area contributed by atoms with E-state index < -0.39 is 0 Å². The van der Waals surface area contributed by atoms with Crippen LogP contribution in [0.1, 0.15) is 39.0 Å². The van der Waals surface area contributed by atoms with E-state index in [9.17, 15) is 0 Å². The molecule has 1 nitrogen and oxygen atoms in total. The van der Waals surface area contributed by atoms with E-state index in [1.54, 1.807) is 0 Å². The lowest BCUT2D eigenvalue weighted by Gasteiger charge is -2.50. The molecule has 0 amide bonds. The SMILES string of the molecule is CC1CCC[N+]2(CCCCC2)C1Br. The number of quaternary nitrogens is 1. The number of hydrogen-bond donors (Lipinski definition) is 0. The highest BCUT2D eigenvalue weighted by Crippen LogP contribution is 2.36. The number of hydrogen-bond acceptors (Lipinski definition) is 0. The highest BCUT2D eigenvalue weighted by atomic mass is 79.9. The van der Waals surface area contributed by atoms with Crippen LogP contribution in [0.15, 0.2) is 0 Å². The summed E-state index contributed by atoms with van der Waals surface area (Å²) in [6, 6.07) is 0. The van der Waals surface area contributed by atoms with E-state index in [1.807, 2.05) is 0 Å². The summed E-state index contributed by atoms with van der Waals surface area (Å²) in [5.74, 6) is 0.881. The van der Waals surface area contributed by atoms with Crippen molar-refractivity contribution in [2.24, 2.45) is 5.92 Å². The maximum absolute atomic E-state index is 3.94. The van der Waals surface area contributed by atoms with E-state index in [0.717, 1.165) is 10.9 Å². The predicted molar refractivity (Wildman–Crippen MR) is 59.8 cm³/mol. The lowest BCUT2D eigenvalue weighted by Crippen LogP contribution is -2.60. The standard InChI is InChI=1S/C11H21BrN/c1-10-6-5-9-13(11(10)12)7-3-2-4-8-13/h10-11H,2-9H2,1H3/q+1. The first-order valence-electron chi connectivity index (χ1n) is 5.74. The average Bonchev–Trinajstić information content (AvgIpc) is 2.16. The van der Waals surface area contributed by atoms with Crippen LogP contribution in [-0.4, -0.2) is 29.1 Å². The summed E-state index contributed by atoms with van der Waals surface area (Å²) in [6.07, 6.45) is 7.25. The summed E-state index contributed by atoms with van der Waals surface area (Å²) in [4.78, 5) is 0.751. The van der Waals surface area contributed by atoms with Gasteiger partial charge in [0.25, 0.3) is 0 Å². The Morgan fingerprint density at radius 2 is 1.62 bits per heavy atom. The summed E-state index contributed by atoms with van der Waals surface area (Å²) in [5, 5.41) is 0. The molecule has 2 heteroatoms. The monoisotopic (exact) mass is 246 g/mol. The molecule has 0 aromatic rings. The highest BCUT2D eigenvalue weighted by molar-refractivity contribution is 9.09. The second-order valence-electron chi connectivity index (χ2n) is 4.94. The van der Waals surface area contributed by atoms with Crippen LogP contribution in [-0.2, 0) is 0 Å². The van der Waals surface area contributed by atoms with Crippen LogP contribution < -0.4 is 0 Å². The third-order valence-corrected chi connectivity index (χ3v) is 5.73. The fourth-order valence-corrected chi connectivity index (χ4v) is 4.02. The second-order valence-corrected chi connectivity index (χ2v) is 5.88. The number of halogens is 1. The number of alkyl halides is 1. The summed E-state index contributed by atoms with van der Waals surface area (Å²) < 4.78 is 1.39. The van der Waals surface area contributed by atoms with Crippen LogP contribution in [0.2, 0.25) is 0 Å². The molecule has 0 saturated carbocycles. The molecule has 13 heavy (non-hydrogen) atoms. The molecule has 0 radical (unpaired) electrons.